The molecule has 0 aliphatic carbocycles. The van der Waals surface area contributed by atoms with Crippen molar-refractivity contribution >= 4 is 0 Å². The first-order chi connectivity index (χ1) is 38.0. The van der Waals surface area contributed by atoms with Crippen LogP contribution >= 0.6 is 0 Å². The molecule has 0 radical (unpaired) electrons. The number of para-hydroxylation sites is 8. The van der Waals surface area contributed by atoms with Crippen molar-refractivity contribution in [3.05, 3.63) is 97.1 Å². The van der Waals surface area contributed by atoms with Gasteiger partial charge in [0.1, 0.15) is 65.1 Å². The highest BCUT2D eigenvalue weighted by atomic mass is 19.4. The van der Waals surface area contributed by atoms with E-state index >= 15 is 17.6 Å². The van der Waals surface area contributed by atoms with E-state index in [1.807, 2.05) is 0 Å². The number of alkyl halides is 14. The molecule has 0 amide bonds. The lowest BCUT2D eigenvalue weighted by Crippen LogP contribution is -2.59. The predicted molar refractivity (Wildman–Crippen MR) is 256 cm³/mol. The maximum absolute atomic E-state index is 15.3. The molecule has 2 aliphatic heterocycles. The van der Waals surface area contributed by atoms with Gasteiger partial charge in [0.05, 0.1) is 52.7 Å². The van der Waals surface area contributed by atoms with Crippen molar-refractivity contribution in [2.45, 2.75) is 48.3 Å². The Labute approximate surface area is 450 Å². The quantitative estimate of drug-likeness (QED) is 0.0934. The Morgan fingerprint density at radius 3 is 0.812 bits per heavy atom. The molecule has 14 nitrogen and oxygen atoms in total. The van der Waals surface area contributed by atoms with E-state index in [1.165, 1.54) is 24.3 Å². The first-order valence-corrected chi connectivity index (χ1v) is 24.8. The summed E-state index contributed by atoms with van der Waals surface area (Å²) in [5.74, 6) is -23.6. The number of hydrogen-bond donors (Lipinski definition) is 0. The molecule has 0 bridgehead atoms. The van der Waals surface area contributed by atoms with Crippen molar-refractivity contribution in [1.82, 2.24) is 9.80 Å². The van der Waals surface area contributed by atoms with E-state index in [1.54, 1.807) is 72.8 Å². The maximum atomic E-state index is 15.3. The van der Waals surface area contributed by atoms with Crippen LogP contribution in [0.15, 0.2) is 97.1 Å². The molecule has 0 unspecified atom stereocenters. The van der Waals surface area contributed by atoms with Crippen LogP contribution in [-0.2, 0) is 18.9 Å². The molecule has 0 atom stereocenters. The molecule has 0 fully saturated rings. The Kier molecular flexibility index (Phi) is 23.1. The number of hydrogen-bond acceptors (Lipinski definition) is 14. The number of nitrogens with zero attached hydrogens (tertiary/aromatic N) is 2. The van der Waals surface area contributed by atoms with Crippen LogP contribution in [0.1, 0.15) is 0 Å². The average molecular weight is 1170 g/mol. The van der Waals surface area contributed by atoms with Crippen LogP contribution in [0.5, 0.6) is 46.0 Å². The molecule has 0 saturated carbocycles. The third-order valence-electron chi connectivity index (χ3n) is 11.8. The van der Waals surface area contributed by atoms with E-state index in [9.17, 15) is 43.9 Å². The van der Waals surface area contributed by atoms with Crippen molar-refractivity contribution in [3.63, 3.8) is 0 Å². The Hall–Kier alpha value is -5.94. The van der Waals surface area contributed by atoms with Gasteiger partial charge >= 0.3 is 36.0 Å². The van der Waals surface area contributed by atoms with Crippen LogP contribution in [-0.4, -0.2) is 190 Å². The van der Waals surface area contributed by atoms with Gasteiger partial charge in [-0.15, -0.1) is 0 Å². The summed E-state index contributed by atoms with van der Waals surface area (Å²) in [6, 6.07) is 25.2. The zero-order valence-electron chi connectivity index (χ0n) is 42.6. The van der Waals surface area contributed by atoms with Gasteiger partial charge in [0.2, 0.25) is 0 Å². The van der Waals surface area contributed by atoms with Crippen LogP contribution in [0, 0.1) is 0 Å². The lowest BCUT2D eigenvalue weighted by atomic mass is 10.1. The van der Waals surface area contributed by atoms with Gasteiger partial charge in [0.25, 0.3) is 0 Å². The molecule has 0 saturated heterocycles. The van der Waals surface area contributed by atoms with Gasteiger partial charge in [-0.1, -0.05) is 48.5 Å². The zero-order chi connectivity index (χ0) is 57.9. The summed E-state index contributed by atoms with van der Waals surface area (Å²) < 4.78 is 269. The van der Waals surface area contributed by atoms with Gasteiger partial charge in [-0.2, -0.15) is 61.5 Å². The molecular weight excluding hydrogens is 1110 g/mol. The molecule has 0 spiro atoms. The van der Waals surface area contributed by atoms with Gasteiger partial charge in [-0.25, -0.2) is 0 Å². The fourth-order valence-corrected chi connectivity index (χ4v) is 7.52. The van der Waals surface area contributed by atoms with Gasteiger partial charge in [-0.3, -0.25) is 9.80 Å². The first kappa shape index (κ1) is 63.2. The topological polar surface area (TPSA) is 117 Å². The highest BCUT2D eigenvalue weighted by Gasteiger charge is 2.74. The van der Waals surface area contributed by atoms with Crippen molar-refractivity contribution in [2.75, 3.05) is 132 Å². The smallest absolute Gasteiger partial charge is 0.459 e. The number of halogens is 14. The molecule has 4 aromatic carbocycles. The standard InChI is InChI=1S/C52H58F14N2O12/c53-47(54,49(57,58)51(61,62)63)35-67(19-21-71-37-31-77-43-13-5-1-9-39(43)73-27-23-69-24-28-74-40-10-2-6-14-44(40)78-32-37)17-18-68(36-48(55,56)50(59,60)52(64,65)66)20-22-72-38-33-79-45-15-7-3-11-41(45)75-29-25-70-26-30-76-42-12-4-8-16-46(42)80-34-38/h1-16,37-38H,17-36H2. The summed E-state index contributed by atoms with van der Waals surface area (Å²) in [4.78, 5) is 0.432. The molecule has 4 aromatic rings. The Bertz CT molecular complexity index is 2200. The van der Waals surface area contributed by atoms with Gasteiger partial charge in [0.15, 0.2) is 46.0 Å². The minimum Gasteiger partial charge on any atom is -0.487 e. The van der Waals surface area contributed by atoms with Gasteiger partial charge in [-0.05, 0) is 48.5 Å². The van der Waals surface area contributed by atoms with E-state index in [2.05, 4.69) is 0 Å². The molecule has 446 valence electrons. The third-order valence-corrected chi connectivity index (χ3v) is 11.8. The van der Waals surface area contributed by atoms with Crippen LogP contribution in [0.25, 0.3) is 0 Å². The van der Waals surface area contributed by atoms with Crippen molar-refractivity contribution in [3.8, 4) is 46.0 Å². The third kappa shape index (κ3) is 18.3. The summed E-state index contributed by atoms with van der Waals surface area (Å²) in [5.41, 5.74) is 0. The van der Waals surface area contributed by atoms with Crippen molar-refractivity contribution in [2.24, 2.45) is 0 Å². The highest BCUT2D eigenvalue weighted by Crippen LogP contribution is 2.48. The molecule has 28 heteroatoms. The monoisotopic (exact) mass is 1170 g/mol. The van der Waals surface area contributed by atoms with Crippen LogP contribution in [0.4, 0.5) is 61.5 Å². The van der Waals surface area contributed by atoms with Gasteiger partial charge < -0.3 is 56.8 Å². The number of rotatable bonds is 17. The minimum atomic E-state index is -6.82. The van der Waals surface area contributed by atoms with E-state index < -0.39 is 127 Å². The van der Waals surface area contributed by atoms with Crippen molar-refractivity contribution < 1.29 is 118 Å². The summed E-state index contributed by atoms with van der Waals surface area (Å²) in [6.45, 7) is -11.8. The zero-order valence-corrected chi connectivity index (χ0v) is 42.6. The van der Waals surface area contributed by atoms with E-state index in [0.717, 1.165) is 0 Å². The van der Waals surface area contributed by atoms with E-state index in [-0.39, 0.29) is 109 Å². The predicted octanol–water partition coefficient (Wildman–Crippen LogP) is 9.92. The minimum absolute atomic E-state index is 0.0689. The molecule has 0 N–H and O–H groups in total. The first-order valence-electron chi connectivity index (χ1n) is 24.8. The SMILES string of the molecule is FC(F)(F)C(F)(F)C(F)(F)CN(CCOC1COc2ccccc2OCCOCCOc2ccccc2OC1)CCN(CCOC1COc2ccccc2OCCOCCOc2ccccc2OC1)CC(F)(F)C(F)(F)C(F)(F)F. The van der Waals surface area contributed by atoms with Crippen molar-refractivity contribution in [1.29, 1.82) is 0 Å². The average Bonchev–Trinajstić information content (AvgIpc) is 3.40. The van der Waals surface area contributed by atoms with Crippen LogP contribution in [0.3, 0.4) is 0 Å². The number of benzene rings is 4. The largest absolute Gasteiger partial charge is 0.487 e. The summed E-state index contributed by atoms with van der Waals surface area (Å²) in [5, 5.41) is 0. The van der Waals surface area contributed by atoms with Crippen LogP contribution < -0.4 is 37.9 Å². The number of fused-ring (bicyclic) bond motifs is 4. The Morgan fingerprint density at radius 2 is 0.575 bits per heavy atom. The summed E-state index contributed by atoms with van der Waals surface area (Å²) in [6.07, 6.45) is -16.1. The second-order valence-electron chi connectivity index (χ2n) is 17.7. The fraction of sp³-hybridized carbons (Fsp3) is 0.538. The number of ether oxygens (including phenoxy) is 12. The highest BCUT2D eigenvalue weighted by molar-refractivity contribution is 5.42. The molecular formula is C52H58F14N2O12. The van der Waals surface area contributed by atoms with Gasteiger partial charge in [0, 0.05) is 26.2 Å². The fourth-order valence-electron chi connectivity index (χ4n) is 7.52. The summed E-state index contributed by atoms with van der Waals surface area (Å²) >= 11 is 0. The molecule has 2 heterocycles. The summed E-state index contributed by atoms with van der Waals surface area (Å²) in [7, 11) is 0. The second-order valence-corrected chi connectivity index (χ2v) is 17.7. The van der Waals surface area contributed by atoms with E-state index in [0.29, 0.717) is 0 Å². The maximum Gasteiger partial charge on any atom is 0.459 e. The molecule has 0 aromatic heterocycles. The lowest BCUT2D eigenvalue weighted by Gasteiger charge is -2.36. The Morgan fingerprint density at radius 1 is 0.338 bits per heavy atom. The molecule has 2 aliphatic rings. The lowest BCUT2D eigenvalue weighted by molar-refractivity contribution is -0.357. The second kappa shape index (κ2) is 29.2. The van der Waals surface area contributed by atoms with E-state index in [4.69, 9.17) is 56.8 Å². The molecule has 80 heavy (non-hydrogen) atoms. The van der Waals surface area contributed by atoms with Crippen LogP contribution in [0.2, 0.25) is 0 Å². The molecule has 6 rings (SSSR count). The Balaban J connectivity index is 1.24. The normalized spacial score (nSPS) is 16.9.